The number of aliphatic hydroxyl groups is 2. The van der Waals surface area contributed by atoms with Crippen LogP contribution in [0.4, 0.5) is 0 Å². The van der Waals surface area contributed by atoms with Crippen molar-refractivity contribution in [3.63, 3.8) is 0 Å². The zero-order valence-corrected chi connectivity index (χ0v) is 36.8. The van der Waals surface area contributed by atoms with Crippen LogP contribution in [0.5, 0.6) is 0 Å². The van der Waals surface area contributed by atoms with Crippen molar-refractivity contribution in [1.82, 2.24) is 0 Å². The molecule has 1 aromatic rings. The maximum absolute atomic E-state index is 13.6. The Balaban J connectivity index is 1.79. The molecule has 0 radical (unpaired) electrons. The summed E-state index contributed by atoms with van der Waals surface area (Å²) in [6.45, 7) is 10.3. The number of alkyl halides is 1. The van der Waals surface area contributed by atoms with Crippen molar-refractivity contribution in [3.05, 3.63) is 59.7 Å². The summed E-state index contributed by atoms with van der Waals surface area (Å²) in [5, 5.41) is 23.8. The standard InChI is InChI=1S/C44H61ClO16/c1-8-35(47)60-41-29(19-36(48)53-7)18-32-22-33(27(2)55-25-28-12-10-9-11-13-28)58-37(49)20-30(46)21-38(50)59-34(42(3,4)26-56-39(51)24-45)23-31-15-17-54-40(57-31)14-16-43(5,6)44(41,52)61-32/h9-14,16,19,27,30-34,40-41,46,52H,8,15,17-18,20-26H2,1-7H3/b16-14+,29-19+/t27-,30-,31-,32-,33+,34-,40-,41-,44+/m0/s1. The smallest absolute Gasteiger partial charge is 0.330 e. The van der Waals surface area contributed by atoms with E-state index in [0.29, 0.717) is 6.42 Å². The van der Waals surface area contributed by atoms with E-state index in [-0.39, 0.29) is 57.0 Å². The summed E-state index contributed by atoms with van der Waals surface area (Å²) in [5.74, 6) is -6.51. The maximum atomic E-state index is 13.6. The molecule has 16 nitrogen and oxygen atoms in total. The molecule has 1 aromatic carbocycles. The summed E-state index contributed by atoms with van der Waals surface area (Å²) in [7, 11) is 1.19. The Bertz CT molecular complexity index is 1710. The van der Waals surface area contributed by atoms with Crippen molar-refractivity contribution < 1.29 is 76.8 Å². The lowest BCUT2D eigenvalue weighted by atomic mass is 9.74. The highest BCUT2D eigenvalue weighted by Gasteiger charge is 2.58. The molecular formula is C44H61ClO16. The number of methoxy groups -OCH3 is 1. The summed E-state index contributed by atoms with van der Waals surface area (Å²) >= 11 is 5.66. The fourth-order valence-electron chi connectivity index (χ4n) is 7.19. The number of benzene rings is 1. The van der Waals surface area contributed by atoms with Crippen LogP contribution >= 0.6 is 11.6 Å². The number of esters is 5. The summed E-state index contributed by atoms with van der Waals surface area (Å²) < 4.78 is 52.9. The molecule has 0 amide bonds. The Morgan fingerprint density at radius 1 is 1.02 bits per heavy atom. The van der Waals surface area contributed by atoms with Crippen molar-refractivity contribution in [2.75, 3.05) is 26.2 Å². The van der Waals surface area contributed by atoms with Gasteiger partial charge in [-0.1, -0.05) is 71.0 Å². The van der Waals surface area contributed by atoms with Crippen LogP contribution in [0.15, 0.2) is 54.1 Å². The minimum Gasteiger partial charge on any atom is -0.466 e. The van der Waals surface area contributed by atoms with Crippen LogP contribution in [0.2, 0.25) is 0 Å². The van der Waals surface area contributed by atoms with E-state index in [0.717, 1.165) is 11.6 Å². The second kappa shape index (κ2) is 22.5. The van der Waals surface area contributed by atoms with Gasteiger partial charge in [0.15, 0.2) is 12.4 Å². The van der Waals surface area contributed by atoms with Gasteiger partial charge in [0.25, 0.3) is 0 Å². The lowest BCUT2D eigenvalue weighted by molar-refractivity contribution is -0.327. The number of carbonyl (C=O) groups excluding carboxylic acids is 5. The zero-order chi connectivity index (χ0) is 45.0. The van der Waals surface area contributed by atoms with Crippen molar-refractivity contribution in [2.45, 2.75) is 148 Å². The van der Waals surface area contributed by atoms with Gasteiger partial charge in [0, 0.05) is 36.2 Å². The predicted octanol–water partition coefficient (Wildman–Crippen LogP) is 4.77. The number of hydrogen-bond acceptors (Lipinski definition) is 16. The molecule has 0 aromatic heterocycles. The Morgan fingerprint density at radius 3 is 2.36 bits per heavy atom. The first-order valence-electron chi connectivity index (χ1n) is 20.6. The van der Waals surface area contributed by atoms with E-state index in [9.17, 15) is 34.2 Å². The van der Waals surface area contributed by atoms with Gasteiger partial charge in [-0.25, -0.2) is 4.79 Å². The molecule has 9 atom stereocenters. The third-order valence-electron chi connectivity index (χ3n) is 11.0. The molecule has 17 heteroatoms. The highest BCUT2D eigenvalue weighted by Crippen LogP contribution is 2.47. The van der Waals surface area contributed by atoms with Gasteiger partial charge in [0.1, 0.15) is 18.1 Å². The van der Waals surface area contributed by atoms with Gasteiger partial charge in [-0.3, -0.25) is 19.2 Å². The van der Waals surface area contributed by atoms with Crippen LogP contribution in [0.3, 0.4) is 0 Å². The maximum Gasteiger partial charge on any atom is 0.330 e. The predicted molar refractivity (Wildman–Crippen MR) is 217 cm³/mol. The quantitative estimate of drug-likeness (QED) is 0.101. The number of rotatable bonds is 11. The minimum atomic E-state index is -2.35. The van der Waals surface area contributed by atoms with E-state index >= 15 is 0 Å². The zero-order valence-electron chi connectivity index (χ0n) is 36.0. The van der Waals surface area contributed by atoms with Crippen molar-refractivity contribution in [2.24, 2.45) is 10.8 Å². The first-order chi connectivity index (χ1) is 28.8. The highest BCUT2D eigenvalue weighted by molar-refractivity contribution is 6.26. The molecule has 3 heterocycles. The Labute approximate surface area is 362 Å². The molecular weight excluding hydrogens is 820 g/mol. The first kappa shape index (κ1) is 49.8. The number of hydrogen-bond donors (Lipinski definition) is 2. The number of aliphatic hydroxyl groups excluding tert-OH is 1. The minimum absolute atomic E-state index is 0.0503. The van der Waals surface area contributed by atoms with Crippen LogP contribution in [-0.2, 0) is 73.2 Å². The molecule has 2 fully saturated rings. The van der Waals surface area contributed by atoms with Gasteiger partial charge >= 0.3 is 29.8 Å². The van der Waals surface area contributed by atoms with Gasteiger partial charge < -0.3 is 52.8 Å². The third-order valence-corrected chi connectivity index (χ3v) is 11.2. The molecule has 0 unspecified atom stereocenters. The molecule has 0 saturated carbocycles. The lowest BCUT2D eigenvalue weighted by Crippen LogP contribution is -2.62. The van der Waals surface area contributed by atoms with E-state index in [1.807, 2.05) is 30.3 Å². The summed E-state index contributed by atoms with van der Waals surface area (Å²) in [5.41, 5.74) is -1.35. The molecule has 0 spiro atoms. The molecule has 4 rings (SSSR count). The third kappa shape index (κ3) is 14.3. The Kier molecular flexibility index (Phi) is 18.3. The summed E-state index contributed by atoms with van der Waals surface area (Å²) in [6, 6.07) is 9.30. The van der Waals surface area contributed by atoms with Crippen LogP contribution in [0, 0.1) is 10.8 Å². The van der Waals surface area contributed by atoms with E-state index in [1.165, 1.54) is 7.11 Å². The molecule has 61 heavy (non-hydrogen) atoms. The van der Waals surface area contributed by atoms with E-state index in [4.69, 9.17) is 54.2 Å². The molecule has 0 aliphatic carbocycles. The van der Waals surface area contributed by atoms with Gasteiger partial charge in [-0.15, -0.1) is 11.6 Å². The van der Waals surface area contributed by atoms with Gasteiger partial charge in [0.2, 0.25) is 5.79 Å². The van der Waals surface area contributed by atoms with Crippen LogP contribution in [0.1, 0.15) is 92.1 Å². The highest BCUT2D eigenvalue weighted by atomic mass is 35.5. The number of cyclic esters (lactones) is 2. The molecule has 4 bridgehead atoms. The van der Waals surface area contributed by atoms with Gasteiger partial charge in [0.05, 0.1) is 64.2 Å². The van der Waals surface area contributed by atoms with Crippen molar-refractivity contribution in [3.8, 4) is 0 Å². The summed E-state index contributed by atoms with van der Waals surface area (Å²) in [4.78, 5) is 64.7. The van der Waals surface area contributed by atoms with Crippen LogP contribution < -0.4 is 0 Å². The number of halogens is 1. The second-order valence-corrected chi connectivity index (χ2v) is 17.1. The van der Waals surface area contributed by atoms with E-state index in [2.05, 4.69) is 0 Å². The number of carbonyl (C=O) groups is 5. The monoisotopic (exact) mass is 880 g/mol. The topological polar surface area (TPSA) is 209 Å². The molecule has 3 aliphatic heterocycles. The molecule has 2 N–H and O–H groups in total. The SMILES string of the molecule is CCC(=O)O[C@H]1/C(=C/C(=O)OC)C[C@H]2C[C@H]([C@H](C)OCc3ccccc3)OC(=O)C[C@H](O)CC(=O)O[C@H](C(C)(C)COC(=O)CCl)C[C@@H]3CCO[C@H](/C=C/C(C)(C)[C@]1(O)O2)O3. The second-order valence-electron chi connectivity index (χ2n) is 16.8. The van der Waals surface area contributed by atoms with Crippen molar-refractivity contribution >= 4 is 41.4 Å². The van der Waals surface area contributed by atoms with E-state index < -0.39 is 108 Å². The van der Waals surface area contributed by atoms with Crippen molar-refractivity contribution in [1.29, 1.82) is 0 Å². The molecule has 340 valence electrons. The average Bonchev–Trinajstić information content (AvgIpc) is 3.21. The molecule has 3 aliphatic rings. The largest absolute Gasteiger partial charge is 0.466 e. The molecule has 2 saturated heterocycles. The van der Waals surface area contributed by atoms with E-state index in [1.54, 1.807) is 53.7 Å². The van der Waals surface area contributed by atoms with Crippen LogP contribution in [-0.4, -0.2) is 121 Å². The lowest BCUT2D eigenvalue weighted by Gasteiger charge is -2.51. The number of ether oxygens (including phenoxy) is 9. The fraction of sp³-hybridized carbons (Fsp3) is 0.659. The first-order valence-corrected chi connectivity index (χ1v) is 21.1. The Morgan fingerprint density at radius 2 is 1.70 bits per heavy atom. The normalized spacial score (nSPS) is 30.8. The number of fused-ring (bicyclic) bond motifs is 4. The Hall–Kier alpha value is -3.90. The average molecular weight is 881 g/mol. The van der Waals surface area contributed by atoms with Gasteiger partial charge in [-0.2, -0.15) is 0 Å². The van der Waals surface area contributed by atoms with Crippen LogP contribution in [0.25, 0.3) is 0 Å². The van der Waals surface area contributed by atoms with Gasteiger partial charge in [-0.05, 0) is 37.0 Å². The summed E-state index contributed by atoms with van der Waals surface area (Å²) in [6.07, 6.45) is -4.81. The fourth-order valence-corrected chi connectivity index (χ4v) is 7.27.